The second-order valence-corrected chi connectivity index (χ2v) is 5.97. The molecular weight excluding hydrogens is 343 g/mol. The van der Waals surface area contributed by atoms with Crippen LogP contribution < -0.4 is 5.32 Å². The van der Waals surface area contributed by atoms with E-state index in [0.717, 1.165) is 0 Å². The highest BCUT2D eigenvalue weighted by atomic mass is 79.9. The van der Waals surface area contributed by atoms with Crippen LogP contribution in [0.25, 0.3) is 0 Å². The molecule has 1 fully saturated rings. The predicted molar refractivity (Wildman–Crippen MR) is 79.8 cm³/mol. The number of carbonyl (C=O) groups excluding carboxylic acids is 1. The lowest BCUT2D eigenvalue weighted by Gasteiger charge is -2.30. The number of urea groups is 1. The highest BCUT2D eigenvalue weighted by molar-refractivity contribution is 9.10. The molecule has 0 aromatic heterocycles. The number of rotatable bonds is 2. The Balaban J connectivity index is 2.00. The molecule has 0 atom stereocenters. The van der Waals surface area contributed by atoms with E-state index in [-0.39, 0.29) is 22.2 Å². The van der Waals surface area contributed by atoms with Crippen molar-refractivity contribution in [2.75, 3.05) is 18.4 Å². The Morgan fingerprint density at radius 2 is 2.00 bits per heavy atom. The first-order chi connectivity index (χ1) is 9.88. The Kier molecular flexibility index (Phi) is 4.82. The van der Waals surface area contributed by atoms with E-state index >= 15 is 0 Å². The van der Waals surface area contributed by atoms with Crippen molar-refractivity contribution >= 4 is 33.6 Å². The van der Waals surface area contributed by atoms with Crippen molar-refractivity contribution in [3.05, 3.63) is 28.0 Å². The molecule has 1 aromatic carbocycles. The quantitative estimate of drug-likeness (QED) is 0.852. The second-order valence-electron chi connectivity index (χ2n) is 5.11. The third-order valence-electron chi connectivity index (χ3n) is 3.64. The molecule has 2 amide bonds. The number of carbonyl (C=O) groups is 2. The number of carboxylic acids is 1. The Bertz CT molecular complexity index is 572. The van der Waals surface area contributed by atoms with Crippen molar-refractivity contribution in [1.29, 1.82) is 0 Å². The number of hydrogen-bond acceptors (Lipinski definition) is 2. The third kappa shape index (κ3) is 3.72. The Hall–Kier alpha value is -1.63. The summed E-state index contributed by atoms with van der Waals surface area (Å²) in [5.74, 6) is -1.57. The Morgan fingerprint density at radius 1 is 1.38 bits per heavy atom. The van der Waals surface area contributed by atoms with E-state index in [9.17, 15) is 14.0 Å². The molecule has 0 radical (unpaired) electrons. The number of benzene rings is 1. The van der Waals surface area contributed by atoms with E-state index in [1.54, 1.807) is 11.8 Å². The second kappa shape index (κ2) is 6.43. The minimum atomic E-state index is -0.812. The zero-order valence-electron chi connectivity index (χ0n) is 11.5. The molecule has 1 aliphatic rings. The van der Waals surface area contributed by atoms with Crippen molar-refractivity contribution < 1.29 is 19.1 Å². The number of piperidine rings is 1. The third-order valence-corrected chi connectivity index (χ3v) is 4.25. The van der Waals surface area contributed by atoms with Crippen LogP contribution in [0.2, 0.25) is 0 Å². The van der Waals surface area contributed by atoms with Crippen molar-refractivity contribution in [2.24, 2.45) is 5.92 Å². The highest BCUT2D eigenvalue weighted by Crippen LogP contribution is 2.25. The van der Waals surface area contributed by atoms with E-state index in [1.807, 2.05) is 0 Å². The van der Waals surface area contributed by atoms with Gasteiger partial charge in [0.15, 0.2) is 0 Å². The van der Waals surface area contributed by atoms with Gasteiger partial charge >= 0.3 is 12.0 Å². The van der Waals surface area contributed by atoms with Gasteiger partial charge in [-0.3, -0.25) is 4.79 Å². The van der Waals surface area contributed by atoms with Crippen LogP contribution in [0.3, 0.4) is 0 Å². The number of halogens is 2. The van der Waals surface area contributed by atoms with Crippen molar-refractivity contribution in [1.82, 2.24) is 4.90 Å². The van der Waals surface area contributed by atoms with E-state index in [2.05, 4.69) is 21.2 Å². The van der Waals surface area contributed by atoms with E-state index in [4.69, 9.17) is 5.11 Å². The zero-order chi connectivity index (χ0) is 15.6. The molecule has 21 heavy (non-hydrogen) atoms. The number of likely N-dealkylation sites (tertiary alicyclic amines) is 1. The van der Waals surface area contributed by atoms with Gasteiger partial charge in [0.25, 0.3) is 0 Å². The molecule has 0 unspecified atom stereocenters. The van der Waals surface area contributed by atoms with Crippen LogP contribution in [-0.4, -0.2) is 35.1 Å². The molecule has 1 heterocycles. The summed E-state index contributed by atoms with van der Waals surface area (Å²) in [6.07, 6.45) is 0.906. The average Bonchev–Trinajstić information content (AvgIpc) is 2.44. The molecule has 114 valence electrons. The fourth-order valence-electron chi connectivity index (χ4n) is 2.30. The summed E-state index contributed by atoms with van der Waals surface area (Å²) in [6, 6.07) is 2.57. The first-order valence-electron chi connectivity index (χ1n) is 6.63. The van der Waals surface area contributed by atoms with E-state index < -0.39 is 5.97 Å². The molecule has 0 spiro atoms. The van der Waals surface area contributed by atoms with Gasteiger partial charge in [-0.15, -0.1) is 0 Å². The van der Waals surface area contributed by atoms with Crippen molar-refractivity contribution in [3.63, 3.8) is 0 Å². The van der Waals surface area contributed by atoms with Gasteiger partial charge in [0.05, 0.1) is 10.4 Å². The highest BCUT2D eigenvalue weighted by Gasteiger charge is 2.27. The maximum atomic E-state index is 13.3. The van der Waals surface area contributed by atoms with E-state index in [0.29, 0.717) is 37.2 Å². The molecule has 0 bridgehead atoms. The smallest absolute Gasteiger partial charge is 0.321 e. The van der Waals surface area contributed by atoms with Gasteiger partial charge in [-0.25, -0.2) is 9.18 Å². The molecule has 7 heteroatoms. The minimum absolute atomic E-state index is 0.285. The van der Waals surface area contributed by atoms with Crippen molar-refractivity contribution in [2.45, 2.75) is 19.8 Å². The summed E-state index contributed by atoms with van der Waals surface area (Å²) in [5.41, 5.74) is 1.16. The number of hydrogen-bond donors (Lipinski definition) is 2. The lowest BCUT2D eigenvalue weighted by Crippen LogP contribution is -2.42. The summed E-state index contributed by atoms with van der Waals surface area (Å²) in [7, 11) is 0. The van der Waals surface area contributed by atoms with Gasteiger partial charge in [0, 0.05) is 18.8 Å². The fraction of sp³-hybridized carbons (Fsp3) is 0.429. The largest absolute Gasteiger partial charge is 0.481 e. The molecule has 1 aromatic rings. The molecule has 2 N–H and O–H groups in total. The predicted octanol–water partition coefficient (Wildman–Crippen LogP) is 3.23. The summed E-state index contributed by atoms with van der Waals surface area (Å²) in [5, 5.41) is 11.7. The Morgan fingerprint density at radius 3 is 2.57 bits per heavy atom. The molecule has 1 saturated heterocycles. The normalized spacial score (nSPS) is 15.9. The number of carboxylic acid groups (broad SMARTS) is 1. The van der Waals surface area contributed by atoms with Crippen molar-refractivity contribution in [3.8, 4) is 0 Å². The molecule has 1 aliphatic heterocycles. The number of aliphatic carboxylic acids is 1. The van der Waals surface area contributed by atoms with Gasteiger partial charge in [-0.05, 0) is 53.4 Å². The maximum Gasteiger partial charge on any atom is 0.321 e. The summed E-state index contributed by atoms with van der Waals surface area (Å²) >= 11 is 3.08. The first-order valence-corrected chi connectivity index (χ1v) is 7.42. The van der Waals surface area contributed by atoms with Gasteiger partial charge in [0.1, 0.15) is 5.82 Å². The Labute approximate surface area is 130 Å². The fourth-order valence-corrected chi connectivity index (χ4v) is 2.65. The molecule has 0 aliphatic carbocycles. The van der Waals surface area contributed by atoms with Gasteiger partial charge in [-0.1, -0.05) is 0 Å². The lowest BCUT2D eigenvalue weighted by atomic mass is 9.97. The van der Waals surface area contributed by atoms with Crippen LogP contribution in [0.1, 0.15) is 18.4 Å². The monoisotopic (exact) mass is 358 g/mol. The van der Waals surface area contributed by atoms with Crippen LogP contribution >= 0.6 is 15.9 Å². The molecule has 0 saturated carbocycles. The van der Waals surface area contributed by atoms with E-state index in [1.165, 1.54) is 12.1 Å². The van der Waals surface area contributed by atoms with Crippen LogP contribution in [0.4, 0.5) is 14.9 Å². The maximum absolute atomic E-state index is 13.3. The minimum Gasteiger partial charge on any atom is -0.481 e. The number of anilines is 1. The number of amides is 2. The van der Waals surface area contributed by atoms with Crippen LogP contribution in [-0.2, 0) is 4.79 Å². The summed E-state index contributed by atoms with van der Waals surface area (Å²) < 4.78 is 13.6. The van der Waals surface area contributed by atoms with Gasteiger partial charge in [0.2, 0.25) is 0 Å². The first kappa shape index (κ1) is 15.8. The summed E-state index contributed by atoms with van der Waals surface area (Å²) in [6.45, 7) is 2.52. The van der Waals surface area contributed by atoms with Crippen LogP contribution in [0.5, 0.6) is 0 Å². The number of nitrogens with one attached hydrogen (secondary N) is 1. The SMILES string of the molecule is Cc1cc(F)c(Br)cc1NC(=O)N1CCC(C(=O)O)CC1. The number of nitrogens with zero attached hydrogens (tertiary/aromatic N) is 1. The number of aryl methyl sites for hydroxylation is 1. The van der Waals surface area contributed by atoms with Crippen LogP contribution in [0, 0.1) is 18.7 Å². The lowest BCUT2D eigenvalue weighted by molar-refractivity contribution is -0.143. The summed E-state index contributed by atoms with van der Waals surface area (Å²) in [4.78, 5) is 24.6. The van der Waals surface area contributed by atoms with Gasteiger partial charge < -0.3 is 15.3 Å². The topological polar surface area (TPSA) is 69.6 Å². The molecular formula is C14H16BrFN2O3. The zero-order valence-corrected chi connectivity index (χ0v) is 13.1. The standard InChI is InChI=1S/C14H16BrFN2O3/c1-8-6-11(16)10(15)7-12(8)17-14(21)18-4-2-9(3-5-18)13(19)20/h6-7,9H,2-5H2,1H3,(H,17,21)(H,19,20). The molecule has 5 nitrogen and oxygen atoms in total. The van der Waals surface area contributed by atoms with Gasteiger partial charge in [-0.2, -0.15) is 0 Å². The van der Waals surface area contributed by atoms with Crippen LogP contribution in [0.15, 0.2) is 16.6 Å². The molecule has 2 rings (SSSR count). The average molecular weight is 359 g/mol.